The van der Waals surface area contributed by atoms with E-state index in [1.807, 2.05) is 37.4 Å². The van der Waals surface area contributed by atoms with Gasteiger partial charge in [-0.25, -0.2) is 8.42 Å². The molecule has 1 aliphatic heterocycles. The van der Waals surface area contributed by atoms with E-state index in [0.29, 0.717) is 19.6 Å². The maximum Gasteiger partial charge on any atom is 0.273 e. The monoisotopic (exact) mass is 427 g/mol. The van der Waals surface area contributed by atoms with Gasteiger partial charge in [-0.2, -0.15) is 4.31 Å². The third-order valence-corrected chi connectivity index (χ3v) is 6.61. The van der Waals surface area contributed by atoms with Gasteiger partial charge in [0.25, 0.3) is 5.69 Å². The fourth-order valence-electron chi connectivity index (χ4n) is 3.25. The van der Waals surface area contributed by atoms with E-state index in [9.17, 15) is 18.5 Å². The van der Waals surface area contributed by atoms with Crippen LogP contribution in [0, 0.1) is 10.1 Å². The van der Waals surface area contributed by atoms with E-state index in [4.69, 9.17) is 4.74 Å². The van der Waals surface area contributed by atoms with Gasteiger partial charge in [0, 0.05) is 25.7 Å². The van der Waals surface area contributed by atoms with Crippen molar-refractivity contribution in [2.45, 2.75) is 10.9 Å². The molecule has 0 amide bonds. The average Bonchev–Trinajstić information content (AvgIpc) is 2.67. The molecule has 0 bridgehead atoms. The molecule has 0 aliphatic carbocycles. The highest BCUT2D eigenvalue weighted by atomic mass is 35.5. The fraction of sp³-hybridized carbons (Fsp3) is 0.333. The normalized spacial score (nSPS) is 18.3. The van der Waals surface area contributed by atoms with Gasteiger partial charge < -0.3 is 9.64 Å². The molecule has 2 aromatic rings. The predicted octanol–water partition coefficient (Wildman–Crippen LogP) is 2.70. The summed E-state index contributed by atoms with van der Waals surface area (Å²) in [6, 6.07) is 12.7. The van der Waals surface area contributed by atoms with Crippen LogP contribution in [0.4, 0.5) is 5.69 Å². The summed E-state index contributed by atoms with van der Waals surface area (Å²) in [4.78, 5) is 12.4. The molecule has 10 heteroatoms. The largest absolute Gasteiger partial charge is 0.495 e. The van der Waals surface area contributed by atoms with E-state index in [1.54, 1.807) is 0 Å². The van der Waals surface area contributed by atoms with Crippen LogP contribution in [0.25, 0.3) is 0 Å². The Kier molecular flexibility index (Phi) is 7.00. The van der Waals surface area contributed by atoms with E-state index < -0.39 is 14.9 Å². The Balaban J connectivity index is 0.00000280. The smallest absolute Gasteiger partial charge is 0.273 e. The lowest BCUT2D eigenvalue weighted by Gasteiger charge is -2.39. The van der Waals surface area contributed by atoms with Crippen molar-refractivity contribution in [3.8, 4) is 5.75 Å². The van der Waals surface area contributed by atoms with Crippen molar-refractivity contribution in [1.82, 2.24) is 9.21 Å². The molecular formula is C18H22ClN3O5S. The number of sulfonamides is 1. The summed E-state index contributed by atoms with van der Waals surface area (Å²) in [7, 11) is -0.656. The molecule has 1 atom stereocenters. The minimum Gasteiger partial charge on any atom is -0.495 e. The van der Waals surface area contributed by atoms with Crippen molar-refractivity contribution in [2.24, 2.45) is 0 Å². The number of hydrogen-bond acceptors (Lipinski definition) is 6. The number of halogens is 1. The Morgan fingerprint density at radius 2 is 1.82 bits per heavy atom. The van der Waals surface area contributed by atoms with Crippen molar-refractivity contribution in [2.75, 3.05) is 33.8 Å². The van der Waals surface area contributed by atoms with Crippen molar-refractivity contribution in [1.29, 1.82) is 0 Å². The molecule has 152 valence electrons. The van der Waals surface area contributed by atoms with Crippen LogP contribution in [-0.2, 0) is 10.0 Å². The van der Waals surface area contributed by atoms with E-state index in [1.165, 1.54) is 23.5 Å². The first-order chi connectivity index (χ1) is 12.8. The van der Waals surface area contributed by atoms with Crippen LogP contribution >= 0.6 is 12.4 Å². The van der Waals surface area contributed by atoms with Crippen molar-refractivity contribution < 1.29 is 18.1 Å². The van der Waals surface area contributed by atoms with Gasteiger partial charge in [0.1, 0.15) is 10.6 Å². The topological polar surface area (TPSA) is 93.0 Å². The molecule has 0 radical (unpaired) electrons. The molecular weight excluding hydrogens is 406 g/mol. The van der Waals surface area contributed by atoms with Gasteiger partial charge in [0.15, 0.2) is 0 Å². The van der Waals surface area contributed by atoms with E-state index >= 15 is 0 Å². The zero-order valence-electron chi connectivity index (χ0n) is 15.5. The van der Waals surface area contributed by atoms with Gasteiger partial charge in [-0.1, -0.05) is 30.3 Å². The second-order valence-electron chi connectivity index (χ2n) is 6.40. The first-order valence-electron chi connectivity index (χ1n) is 8.42. The highest BCUT2D eigenvalue weighted by molar-refractivity contribution is 7.89. The van der Waals surface area contributed by atoms with Crippen molar-refractivity contribution >= 4 is 28.1 Å². The number of piperazine rings is 1. The molecule has 1 aliphatic rings. The number of hydrogen-bond donors (Lipinski definition) is 0. The maximum atomic E-state index is 13.4. The van der Waals surface area contributed by atoms with Gasteiger partial charge in [-0.15, -0.1) is 12.4 Å². The minimum absolute atomic E-state index is 0. The van der Waals surface area contributed by atoms with E-state index in [-0.39, 0.29) is 34.8 Å². The van der Waals surface area contributed by atoms with Crippen LogP contribution in [0.5, 0.6) is 5.75 Å². The Morgan fingerprint density at radius 1 is 1.14 bits per heavy atom. The van der Waals surface area contributed by atoms with Crippen LogP contribution in [0.1, 0.15) is 11.6 Å². The summed E-state index contributed by atoms with van der Waals surface area (Å²) < 4.78 is 33.4. The first kappa shape index (κ1) is 22.1. The van der Waals surface area contributed by atoms with Gasteiger partial charge in [-0.05, 0) is 18.7 Å². The molecule has 1 saturated heterocycles. The second kappa shape index (κ2) is 8.87. The molecule has 0 spiro atoms. The second-order valence-corrected chi connectivity index (χ2v) is 8.26. The lowest BCUT2D eigenvalue weighted by Crippen LogP contribution is -2.49. The van der Waals surface area contributed by atoms with Gasteiger partial charge >= 0.3 is 0 Å². The predicted molar refractivity (Wildman–Crippen MR) is 107 cm³/mol. The lowest BCUT2D eigenvalue weighted by atomic mass is 10.1. The van der Waals surface area contributed by atoms with E-state index in [2.05, 4.69) is 4.90 Å². The summed E-state index contributed by atoms with van der Waals surface area (Å²) >= 11 is 0. The highest BCUT2D eigenvalue weighted by Gasteiger charge is 2.37. The minimum atomic E-state index is -3.91. The van der Waals surface area contributed by atoms with Crippen molar-refractivity contribution in [3.05, 3.63) is 64.2 Å². The Bertz CT molecular complexity index is 939. The molecule has 1 fully saturated rings. The number of rotatable bonds is 5. The van der Waals surface area contributed by atoms with E-state index in [0.717, 1.165) is 11.6 Å². The molecule has 1 heterocycles. The zero-order valence-corrected chi connectivity index (χ0v) is 17.1. The molecule has 8 nitrogen and oxygen atoms in total. The number of non-ortho nitro benzene ring substituents is 1. The highest BCUT2D eigenvalue weighted by Crippen LogP contribution is 2.35. The summed E-state index contributed by atoms with van der Waals surface area (Å²) in [6.07, 6.45) is 0. The molecule has 0 N–H and O–H groups in total. The van der Waals surface area contributed by atoms with Crippen LogP contribution in [0.3, 0.4) is 0 Å². The Labute approximate surface area is 170 Å². The summed E-state index contributed by atoms with van der Waals surface area (Å²) in [5.74, 6) is -0.0325. The quantitative estimate of drug-likeness (QED) is 0.538. The number of benzene rings is 2. The van der Waals surface area contributed by atoms with Gasteiger partial charge in [0.2, 0.25) is 10.0 Å². The molecule has 1 unspecified atom stereocenters. The summed E-state index contributed by atoms with van der Waals surface area (Å²) in [5.41, 5.74) is 0.678. The summed E-state index contributed by atoms with van der Waals surface area (Å²) in [6.45, 7) is 1.47. The maximum absolute atomic E-state index is 13.4. The number of methoxy groups -OCH3 is 1. The lowest BCUT2D eigenvalue weighted by molar-refractivity contribution is -0.385. The van der Waals surface area contributed by atoms with Gasteiger partial charge in [-0.3, -0.25) is 10.1 Å². The SMILES string of the molecule is COc1cc([N+](=O)[O-])ccc1S(=O)(=O)N1CCN(C)CC1c1ccccc1.Cl. The third kappa shape index (κ3) is 4.27. The number of nitro benzene ring substituents is 1. The van der Waals surface area contributed by atoms with Crippen LogP contribution in [0.15, 0.2) is 53.4 Å². The van der Waals surface area contributed by atoms with Crippen LogP contribution < -0.4 is 4.74 Å². The molecule has 2 aromatic carbocycles. The number of ether oxygens (including phenoxy) is 1. The fourth-order valence-corrected chi connectivity index (χ4v) is 4.98. The number of nitrogens with zero attached hydrogens (tertiary/aromatic N) is 3. The first-order valence-corrected chi connectivity index (χ1v) is 9.86. The van der Waals surface area contributed by atoms with Crippen LogP contribution in [0.2, 0.25) is 0 Å². The number of likely N-dealkylation sites (N-methyl/N-ethyl adjacent to an activating group) is 1. The molecule has 3 rings (SSSR count). The number of nitro groups is 1. The van der Waals surface area contributed by atoms with Gasteiger partial charge in [0.05, 0.1) is 24.1 Å². The Morgan fingerprint density at radius 3 is 2.43 bits per heavy atom. The Hall–Kier alpha value is -2.20. The molecule has 28 heavy (non-hydrogen) atoms. The standard InChI is InChI=1S/C18H21N3O5S.ClH/c1-19-10-11-20(16(13-19)14-6-4-3-5-7-14)27(24,25)18-9-8-15(21(22)23)12-17(18)26-2;/h3-9,12,16H,10-11,13H2,1-2H3;1H. The zero-order chi connectivity index (χ0) is 19.6. The van der Waals surface area contributed by atoms with Crippen LogP contribution in [-0.4, -0.2) is 56.3 Å². The molecule has 0 aromatic heterocycles. The van der Waals surface area contributed by atoms with Crippen molar-refractivity contribution in [3.63, 3.8) is 0 Å². The third-order valence-electron chi connectivity index (χ3n) is 4.66. The average molecular weight is 428 g/mol. The summed E-state index contributed by atoms with van der Waals surface area (Å²) in [5, 5.41) is 11.0. The molecule has 0 saturated carbocycles.